The fraction of sp³-hybridized carbons (Fsp3) is 0.476. The zero-order valence-corrected chi connectivity index (χ0v) is 19.0. The molecule has 3 rings (SSSR count). The van der Waals surface area contributed by atoms with Crippen molar-refractivity contribution in [3.05, 3.63) is 40.5 Å². The highest BCUT2D eigenvalue weighted by Crippen LogP contribution is 2.24. The van der Waals surface area contributed by atoms with E-state index in [0.29, 0.717) is 48.2 Å². The fourth-order valence-corrected chi connectivity index (χ4v) is 3.99. The van der Waals surface area contributed by atoms with E-state index in [2.05, 4.69) is 37.4 Å². The first kappa shape index (κ1) is 23.9. The van der Waals surface area contributed by atoms with E-state index in [9.17, 15) is 13.6 Å². The number of aromatic nitrogens is 3. The molecule has 32 heavy (non-hydrogen) atoms. The lowest BCUT2D eigenvalue weighted by atomic mass is 10.0. The van der Waals surface area contributed by atoms with E-state index < -0.39 is 19.4 Å². The summed E-state index contributed by atoms with van der Waals surface area (Å²) in [5, 5.41) is 15.4. The number of likely N-dealkylation sites (tertiary alicyclic amines) is 1. The van der Waals surface area contributed by atoms with E-state index in [1.165, 1.54) is 11.3 Å². The van der Waals surface area contributed by atoms with Gasteiger partial charge in [0.15, 0.2) is 5.01 Å². The number of nitrogens with zero attached hydrogens (tertiary/aromatic N) is 5. The number of urea groups is 1. The summed E-state index contributed by atoms with van der Waals surface area (Å²) in [7, 11) is 0. The second-order valence-electron chi connectivity index (χ2n) is 7.55. The number of pyridine rings is 1. The van der Waals surface area contributed by atoms with Gasteiger partial charge >= 0.3 is 6.03 Å². The molecule has 0 atom stereocenters. The van der Waals surface area contributed by atoms with Crippen LogP contribution in [0.1, 0.15) is 28.4 Å². The summed E-state index contributed by atoms with van der Waals surface area (Å²) in [6.07, 6.45) is 4.52. The number of aryl methyl sites for hydroxylation is 2. The maximum Gasteiger partial charge on any atom is 0.323 e. The molecule has 2 aromatic heterocycles. The number of halogens is 2. The number of amides is 2. The molecule has 0 aromatic carbocycles. The van der Waals surface area contributed by atoms with Crippen molar-refractivity contribution in [1.29, 1.82) is 0 Å². The highest BCUT2D eigenvalue weighted by Gasteiger charge is 2.25. The van der Waals surface area contributed by atoms with Gasteiger partial charge in [-0.1, -0.05) is 17.9 Å². The van der Waals surface area contributed by atoms with Crippen LogP contribution in [0.15, 0.2) is 29.9 Å². The molecule has 2 amide bonds. The lowest BCUT2D eigenvalue weighted by molar-refractivity contribution is 0.179. The molecule has 0 spiro atoms. The van der Waals surface area contributed by atoms with Crippen molar-refractivity contribution in [1.82, 2.24) is 25.4 Å². The van der Waals surface area contributed by atoms with E-state index in [0.717, 1.165) is 10.6 Å². The quantitative estimate of drug-likeness (QED) is 0.582. The van der Waals surface area contributed by atoms with Crippen molar-refractivity contribution < 1.29 is 13.6 Å². The van der Waals surface area contributed by atoms with Crippen LogP contribution in [0.5, 0.6) is 0 Å². The Morgan fingerprint density at radius 3 is 2.66 bits per heavy atom. The third kappa shape index (κ3) is 6.13. The zero-order valence-electron chi connectivity index (χ0n) is 18.1. The third-order valence-corrected chi connectivity index (χ3v) is 5.98. The van der Waals surface area contributed by atoms with Gasteiger partial charge in [0.05, 0.1) is 11.7 Å². The average molecular weight is 464 g/mol. The molecule has 0 aliphatic carbocycles. The van der Waals surface area contributed by atoms with Crippen LogP contribution < -0.4 is 10.6 Å². The van der Waals surface area contributed by atoms with Gasteiger partial charge in [0.25, 0.3) is 0 Å². The normalized spacial score (nSPS) is 15.3. The number of aliphatic imine (C=N–C) groups is 1. The lowest BCUT2D eigenvalue weighted by Gasteiger charge is -2.33. The molecule has 0 bridgehead atoms. The highest BCUT2D eigenvalue weighted by atomic mass is 32.1. The maximum atomic E-state index is 12.7. The number of hydrogen-bond acceptors (Lipinski definition) is 7. The first-order valence-electron chi connectivity index (χ1n) is 10.4. The summed E-state index contributed by atoms with van der Waals surface area (Å²) in [5.74, 6) is 0.381. The van der Waals surface area contributed by atoms with Crippen LogP contribution in [0.3, 0.4) is 0 Å². The number of anilines is 1. The molecule has 1 aliphatic rings. The molecule has 11 heteroatoms. The van der Waals surface area contributed by atoms with Gasteiger partial charge in [-0.3, -0.25) is 5.32 Å². The lowest BCUT2D eigenvalue weighted by Crippen LogP contribution is -2.49. The molecule has 0 unspecified atom stereocenters. The van der Waals surface area contributed by atoms with Crippen LogP contribution in [0.25, 0.3) is 0 Å². The number of hydrogen-bond donors (Lipinski definition) is 2. The smallest absolute Gasteiger partial charge is 0.323 e. The predicted octanol–water partition coefficient (Wildman–Crippen LogP) is 3.75. The zero-order chi connectivity index (χ0) is 23.1. The Bertz CT molecular complexity index is 969. The van der Waals surface area contributed by atoms with Gasteiger partial charge in [0, 0.05) is 31.4 Å². The number of carbonyl (C=O) groups is 1. The van der Waals surface area contributed by atoms with Gasteiger partial charge in [-0.25, -0.2) is 23.6 Å². The van der Waals surface area contributed by atoms with Crippen molar-refractivity contribution in [2.45, 2.75) is 38.8 Å². The Labute approximate surface area is 189 Å². The molecule has 0 radical (unpaired) electrons. The molecule has 2 N–H and O–H groups in total. The molecular formula is C21H27F2N7OS. The second kappa shape index (κ2) is 11.2. The first-order valence-corrected chi connectivity index (χ1v) is 11.2. The summed E-state index contributed by atoms with van der Waals surface area (Å²) in [6.45, 7) is 7.05. The molecule has 2 aromatic rings. The minimum atomic E-state index is -0.777. The van der Waals surface area contributed by atoms with Crippen LogP contribution >= 0.6 is 11.3 Å². The fourth-order valence-electron chi connectivity index (χ4n) is 3.31. The molecule has 172 valence electrons. The minimum absolute atomic E-state index is 0.00435. The number of piperidine rings is 1. The Hall–Kier alpha value is -2.79. The standard InChI is InChI=1S/C21H27F2N7OS/c1-4-17(20-29-28-14(3)32-20)26-18-9-19(24-12-13(18)2)27-21(31)30-7-5-15(6-8-30)25-16(10-22)11-23/h4,9,12,15-16,25H,1,5-8,10-11H2,2-3H3,(H,24,27,31). The van der Waals surface area contributed by atoms with Gasteiger partial charge in [-0.2, -0.15) is 0 Å². The molecule has 1 fully saturated rings. The maximum absolute atomic E-state index is 12.7. The molecule has 3 heterocycles. The summed E-state index contributed by atoms with van der Waals surface area (Å²) in [4.78, 5) is 23.3. The van der Waals surface area contributed by atoms with E-state index in [-0.39, 0.29) is 12.1 Å². The average Bonchev–Trinajstić information content (AvgIpc) is 3.24. The number of carbonyl (C=O) groups excluding carboxylic acids is 1. The van der Waals surface area contributed by atoms with Gasteiger partial charge in [0.1, 0.15) is 29.9 Å². The SMILES string of the molecule is C=CC(=Nc1cc(NC(=O)N2CCC(NC(CF)CF)CC2)ncc1C)c1nnc(C)s1. The van der Waals surface area contributed by atoms with Gasteiger partial charge < -0.3 is 10.2 Å². The minimum Gasteiger partial charge on any atom is -0.324 e. The van der Waals surface area contributed by atoms with E-state index in [1.54, 1.807) is 23.2 Å². The van der Waals surface area contributed by atoms with Crippen LogP contribution in [-0.4, -0.2) is 70.3 Å². The van der Waals surface area contributed by atoms with Crippen molar-refractivity contribution in [2.24, 2.45) is 4.99 Å². The van der Waals surface area contributed by atoms with E-state index >= 15 is 0 Å². The molecule has 1 saturated heterocycles. The summed E-state index contributed by atoms with van der Waals surface area (Å²) < 4.78 is 25.4. The van der Waals surface area contributed by atoms with E-state index in [1.807, 2.05) is 13.8 Å². The van der Waals surface area contributed by atoms with E-state index in [4.69, 9.17) is 0 Å². The van der Waals surface area contributed by atoms with Gasteiger partial charge in [-0.05, 0) is 38.3 Å². The van der Waals surface area contributed by atoms with Gasteiger partial charge in [-0.15, -0.1) is 10.2 Å². The number of nitrogens with one attached hydrogen (secondary N) is 2. The Morgan fingerprint density at radius 1 is 1.34 bits per heavy atom. The van der Waals surface area contributed by atoms with Crippen LogP contribution in [0.2, 0.25) is 0 Å². The second-order valence-corrected chi connectivity index (χ2v) is 8.73. The molecule has 1 aliphatic heterocycles. The molecule has 8 nitrogen and oxygen atoms in total. The molecular weight excluding hydrogens is 436 g/mol. The van der Waals surface area contributed by atoms with Crippen molar-refractivity contribution >= 4 is 34.6 Å². The molecule has 0 saturated carbocycles. The van der Waals surface area contributed by atoms with Crippen molar-refractivity contribution in [3.63, 3.8) is 0 Å². The van der Waals surface area contributed by atoms with Gasteiger partial charge in [0.2, 0.25) is 0 Å². The van der Waals surface area contributed by atoms with Crippen LogP contribution in [0, 0.1) is 13.8 Å². The van der Waals surface area contributed by atoms with Crippen LogP contribution in [-0.2, 0) is 0 Å². The summed E-state index contributed by atoms with van der Waals surface area (Å²) in [5.41, 5.74) is 2.08. The summed E-state index contributed by atoms with van der Waals surface area (Å²) >= 11 is 1.42. The Balaban J connectivity index is 1.64. The highest BCUT2D eigenvalue weighted by molar-refractivity contribution is 7.13. The number of allylic oxidation sites excluding steroid dienone is 1. The predicted molar refractivity (Wildman–Crippen MR) is 123 cm³/mol. The third-order valence-electron chi connectivity index (χ3n) is 5.12. The first-order chi connectivity index (χ1) is 15.4. The topological polar surface area (TPSA) is 95.4 Å². The van der Waals surface area contributed by atoms with Crippen LogP contribution in [0.4, 0.5) is 25.1 Å². The Morgan fingerprint density at radius 2 is 2.06 bits per heavy atom. The van der Waals surface area contributed by atoms with Crippen molar-refractivity contribution in [3.8, 4) is 0 Å². The largest absolute Gasteiger partial charge is 0.324 e. The number of alkyl halides is 2. The number of rotatable bonds is 8. The summed E-state index contributed by atoms with van der Waals surface area (Å²) in [6, 6.07) is 0.647. The Kier molecular flexibility index (Phi) is 8.34. The monoisotopic (exact) mass is 463 g/mol. The van der Waals surface area contributed by atoms with Crippen molar-refractivity contribution in [2.75, 3.05) is 31.8 Å².